The van der Waals surface area contributed by atoms with Crippen LogP contribution in [0.15, 0.2) is 47.8 Å². The van der Waals surface area contributed by atoms with Gasteiger partial charge in [0.2, 0.25) is 0 Å². The molecular weight excluding hydrogens is 440 g/mol. The van der Waals surface area contributed by atoms with Gasteiger partial charge in [-0.2, -0.15) is 0 Å². The van der Waals surface area contributed by atoms with E-state index in [1.165, 1.54) is 23.5 Å². The summed E-state index contributed by atoms with van der Waals surface area (Å²) in [5, 5.41) is 15.8. The molecular formula is C22H19ClN2O5S. The van der Waals surface area contributed by atoms with Gasteiger partial charge in [0.05, 0.1) is 11.5 Å². The Morgan fingerprint density at radius 2 is 1.87 bits per heavy atom. The highest BCUT2D eigenvalue weighted by Crippen LogP contribution is 2.37. The highest BCUT2D eigenvalue weighted by atomic mass is 35.5. The van der Waals surface area contributed by atoms with E-state index in [1.807, 2.05) is 24.3 Å². The number of nitro benzene ring substituents is 1. The second-order valence-corrected chi connectivity index (χ2v) is 7.79. The summed E-state index contributed by atoms with van der Waals surface area (Å²) in [6.07, 6.45) is 0.892. The van der Waals surface area contributed by atoms with Crippen LogP contribution in [0.4, 0.5) is 10.7 Å². The minimum absolute atomic E-state index is 0.0492. The molecule has 3 rings (SSSR count). The van der Waals surface area contributed by atoms with Gasteiger partial charge in [0.15, 0.2) is 0 Å². The average molecular weight is 459 g/mol. The molecule has 160 valence electrons. The average Bonchev–Trinajstić information content (AvgIpc) is 3.17. The summed E-state index contributed by atoms with van der Waals surface area (Å²) in [4.78, 5) is 35.9. The standard InChI is InChI=1S/C22H19ClN2O5S/c1-3-13-5-7-14(8-6-13)16-12-31-21(19(16)22(27)30-4-2)24-20(26)15-9-10-17(23)18(11-15)25(28)29/h5-12H,3-4H2,1-2H3,(H,24,26). The van der Waals surface area contributed by atoms with Gasteiger partial charge in [-0.15, -0.1) is 11.3 Å². The van der Waals surface area contributed by atoms with E-state index in [4.69, 9.17) is 16.3 Å². The number of ether oxygens (including phenoxy) is 1. The first-order valence-electron chi connectivity index (χ1n) is 9.48. The van der Waals surface area contributed by atoms with Crippen LogP contribution in [0.25, 0.3) is 11.1 Å². The lowest BCUT2D eigenvalue weighted by Crippen LogP contribution is -2.15. The van der Waals surface area contributed by atoms with E-state index >= 15 is 0 Å². The molecule has 7 nitrogen and oxygen atoms in total. The number of nitrogens with one attached hydrogen (secondary N) is 1. The molecule has 1 heterocycles. The van der Waals surface area contributed by atoms with Crippen LogP contribution in [0.5, 0.6) is 0 Å². The number of benzene rings is 2. The van der Waals surface area contributed by atoms with Gasteiger partial charge in [-0.1, -0.05) is 42.8 Å². The van der Waals surface area contributed by atoms with Crippen molar-refractivity contribution in [2.45, 2.75) is 20.3 Å². The third-order valence-corrected chi connectivity index (χ3v) is 5.79. The van der Waals surface area contributed by atoms with Gasteiger partial charge in [-0.25, -0.2) is 4.79 Å². The fraction of sp³-hybridized carbons (Fsp3) is 0.182. The second kappa shape index (κ2) is 9.72. The van der Waals surface area contributed by atoms with E-state index < -0.39 is 16.8 Å². The number of nitro groups is 1. The maximum absolute atomic E-state index is 12.7. The van der Waals surface area contributed by atoms with Crippen molar-refractivity contribution in [2.75, 3.05) is 11.9 Å². The third-order valence-electron chi connectivity index (χ3n) is 4.58. The summed E-state index contributed by atoms with van der Waals surface area (Å²) in [6, 6.07) is 11.6. The Hall–Kier alpha value is -3.23. The minimum atomic E-state index is -0.660. The fourth-order valence-electron chi connectivity index (χ4n) is 2.96. The zero-order valence-electron chi connectivity index (χ0n) is 16.8. The molecule has 1 amide bonds. The van der Waals surface area contributed by atoms with Crippen molar-refractivity contribution in [3.63, 3.8) is 0 Å². The van der Waals surface area contributed by atoms with Crippen LogP contribution >= 0.6 is 22.9 Å². The number of rotatable bonds is 7. The van der Waals surface area contributed by atoms with Gasteiger partial charge in [0.1, 0.15) is 15.6 Å². The predicted octanol–water partition coefficient (Wildman–Crippen LogP) is 5.97. The molecule has 0 bridgehead atoms. The summed E-state index contributed by atoms with van der Waals surface area (Å²) in [5.74, 6) is -1.16. The molecule has 2 aromatic carbocycles. The van der Waals surface area contributed by atoms with Gasteiger partial charge in [-0.05, 0) is 36.6 Å². The summed E-state index contributed by atoms with van der Waals surface area (Å²) in [6.45, 7) is 3.93. The molecule has 0 fully saturated rings. The molecule has 0 aliphatic heterocycles. The Morgan fingerprint density at radius 3 is 2.48 bits per heavy atom. The van der Waals surface area contributed by atoms with Gasteiger partial charge < -0.3 is 10.1 Å². The van der Waals surface area contributed by atoms with Crippen molar-refractivity contribution in [2.24, 2.45) is 0 Å². The lowest BCUT2D eigenvalue weighted by Gasteiger charge is -2.09. The first-order chi connectivity index (χ1) is 14.8. The number of aryl methyl sites for hydroxylation is 1. The van der Waals surface area contributed by atoms with Crippen molar-refractivity contribution < 1.29 is 19.2 Å². The van der Waals surface area contributed by atoms with Gasteiger partial charge in [0, 0.05) is 22.6 Å². The maximum Gasteiger partial charge on any atom is 0.341 e. The number of nitrogens with zero attached hydrogens (tertiary/aromatic N) is 1. The highest BCUT2D eigenvalue weighted by molar-refractivity contribution is 7.15. The van der Waals surface area contributed by atoms with Crippen LogP contribution < -0.4 is 5.32 Å². The largest absolute Gasteiger partial charge is 0.462 e. The quantitative estimate of drug-likeness (QED) is 0.267. The number of hydrogen-bond donors (Lipinski definition) is 1. The smallest absolute Gasteiger partial charge is 0.341 e. The number of carbonyl (C=O) groups excluding carboxylic acids is 2. The normalized spacial score (nSPS) is 10.5. The molecule has 0 radical (unpaired) electrons. The zero-order chi connectivity index (χ0) is 22.5. The molecule has 9 heteroatoms. The molecule has 1 N–H and O–H groups in total. The SMILES string of the molecule is CCOC(=O)c1c(-c2ccc(CC)cc2)csc1NC(=O)c1ccc(Cl)c([N+](=O)[O-])c1. The Morgan fingerprint density at radius 1 is 1.16 bits per heavy atom. The first kappa shape index (κ1) is 22.5. The monoisotopic (exact) mass is 458 g/mol. The number of hydrogen-bond acceptors (Lipinski definition) is 6. The van der Waals surface area contributed by atoms with Crippen LogP contribution in [0.2, 0.25) is 5.02 Å². The molecule has 0 atom stereocenters. The van der Waals surface area contributed by atoms with Crippen molar-refractivity contribution in [3.05, 3.63) is 79.7 Å². The number of amides is 1. The topological polar surface area (TPSA) is 98.5 Å². The summed E-state index contributed by atoms with van der Waals surface area (Å²) >= 11 is 7.00. The molecule has 31 heavy (non-hydrogen) atoms. The second-order valence-electron chi connectivity index (χ2n) is 6.50. The van der Waals surface area contributed by atoms with Gasteiger partial charge >= 0.3 is 5.97 Å². The molecule has 0 saturated carbocycles. The van der Waals surface area contributed by atoms with Crippen molar-refractivity contribution in [1.29, 1.82) is 0 Å². The van der Waals surface area contributed by atoms with Crippen molar-refractivity contribution >= 4 is 45.5 Å². The van der Waals surface area contributed by atoms with Crippen LogP contribution in [0.1, 0.15) is 40.1 Å². The van der Waals surface area contributed by atoms with E-state index in [1.54, 1.807) is 12.3 Å². The fourth-order valence-corrected chi connectivity index (χ4v) is 4.10. The highest BCUT2D eigenvalue weighted by Gasteiger charge is 2.24. The molecule has 0 unspecified atom stereocenters. The van der Waals surface area contributed by atoms with Crippen LogP contribution in [0, 0.1) is 10.1 Å². The molecule has 0 aliphatic carbocycles. The molecule has 0 aliphatic rings. The van der Waals surface area contributed by atoms with E-state index in [2.05, 4.69) is 12.2 Å². The molecule has 0 saturated heterocycles. The van der Waals surface area contributed by atoms with E-state index in [9.17, 15) is 19.7 Å². The third kappa shape index (κ3) is 4.92. The number of carbonyl (C=O) groups is 2. The Bertz CT molecular complexity index is 1140. The minimum Gasteiger partial charge on any atom is -0.462 e. The van der Waals surface area contributed by atoms with Gasteiger partial charge in [-0.3, -0.25) is 14.9 Å². The Balaban J connectivity index is 1.98. The van der Waals surface area contributed by atoms with Crippen molar-refractivity contribution in [3.8, 4) is 11.1 Å². The lowest BCUT2D eigenvalue weighted by molar-refractivity contribution is -0.384. The number of thiophene rings is 1. The van der Waals surface area contributed by atoms with E-state index in [0.29, 0.717) is 10.6 Å². The summed E-state index contributed by atoms with van der Waals surface area (Å²) in [5.41, 5.74) is 2.54. The molecule has 3 aromatic rings. The Labute approximate surface area is 187 Å². The maximum atomic E-state index is 12.7. The Kier molecular flexibility index (Phi) is 7.04. The molecule has 0 spiro atoms. The van der Waals surface area contributed by atoms with Crippen LogP contribution in [0.3, 0.4) is 0 Å². The number of anilines is 1. The number of esters is 1. The van der Waals surface area contributed by atoms with Crippen LogP contribution in [-0.2, 0) is 11.2 Å². The molecule has 1 aromatic heterocycles. The lowest BCUT2D eigenvalue weighted by atomic mass is 10.0. The summed E-state index contributed by atoms with van der Waals surface area (Å²) in [7, 11) is 0. The van der Waals surface area contributed by atoms with E-state index in [-0.39, 0.29) is 28.4 Å². The van der Waals surface area contributed by atoms with Gasteiger partial charge in [0.25, 0.3) is 11.6 Å². The predicted molar refractivity (Wildman–Crippen MR) is 121 cm³/mol. The van der Waals surface area contributed by atoms with Crippen molar-refractivity contribution in [1.82, 2.24) is 0 Å². The zero-order valence-corrected chi connectivity index (χ0v) is 18.4. The van der Waals surface area contributed by atoms with E-state index in [0.717, 1.165) is 23.6 Å². The summed E-state index contributed by atoms with van der Waals surface area (Å²) < 4.78 is 5.20. The van der Waals surface area contributed by atoms with Crippen LogP contribution in [-0.4, -0.2) is 23.4 Å². The number of halogens is 1. The first-order valence-corrected chi connectivity index (χ1v) is 10.7.